The molecule has 0 aliphatic heterocycles. The standard InChI is InChI=1S/C21H30BrNO/c1-23(14-18-11-19(22)5-6-20(18)24-2)21-8-7-15-9-16(12-21)3-4-17(10-15)13-21/h5-6,11,15-17H,3-4,7-10,12-14H2,1-2H3. The van der Waals surface area contributed by atoms with E-state index in [2.05, 4.69) is 46.1 Å². The van der Waals surface area contributed by atoms with Gasteiger partial charge >= 0.3 is 0 Å². The van der Waals surface area contributed by atoms with Gasteiger partial charge in [0.1, 0.15) is 5.75 Å². The van der Waals surface area contributed by atoms with Crippen molar-refractivity contribution in [3.05, 3.63) is 28.2 Å². The molecule has 3 heteroatoms. The van der Waals surface area contributed by atoms with Crippen LogP contribution >= 0.6 is 15.9 Å². The monoisotopic (exact) mass is 391 g/mol. The van der Waals surface area contributed by atoms with Crippen LogP contribution in [0.15, 0.2) is 22.7 Å². The van der Waals surface area contributed by atoms with Crippen LogP contribution in [0.25, 0.3) is 0 Å². The van der Waals surface area contributed by atoms with Crippen molar-refractivity contribution in [3.63, 3.8) is 0 Å². The summed E-state index contributed by atoms with van der Waals surface area (Å²) in [6.07, 6.45) is 11.7. The maximum absolute atomic E-state index is 5.62. The molecule has 0 saturated heterocycles. The Bertz CT molecular complexity index is 586. The van der Waals surface area contributed by atoms with E-state index in [1.54, 1.807) is 7.11 Å². The van der Waals surface area contributed by atoms with Crippen LogP contribution in [-0.4, -0.2) is 24.6 Å². The Labute approximate surface area is 155 Å². The largest absolute Gasteiger partial charge is 0.496 e. The average molecular weight is 392 g/mol. The van der Waals surface area contributed by atoms with Gasteiger partial charge in [-0.25, -0.2) is 0 Å². The summed E-state index contributed by atoms with van der Waals surface area (Å²) in [5.74, 6) is 3.97. The second-order valence-electron chi connectivity index (χ2n) is 8.63. The van der Waals surface area contributed by atoms with Crippen LogP contribution in [0.4, 0.5) is 0 Å². The predicted octanol–water partition coefficient (Wildman–Crippen LogP) is 5.64. The Hall–Kier alpha value is -0.540. The van der Waals surface area contributed by atoms with E-state index in [1.165, 1.54) is 56.9 Å². The van der Waals surface area contributed by atoms with E-state index in [9.17, 15) is 0 Å². The zero-order valence-corrected chi connectivity index (χ0v) is 16.6. The normalized spacial score (nSPS) is 35.1. The van der Waals surface area contributed by atoms with Gasteiger partial charge in [0.05, 0.1) is 7.11 Å². The maximum atomic E-state index is 5.62. The Morgan fingerprint density at radius 1 is 1.12 bits per heavy atom. The van der Waals surface area contributed by atoms with Gasteiger partial charge in [-0.05, 0) is 81.5 Å². The van der Waals surface area contributed by atoms with Crippen molar-refractivity contribution >= 4 is 15.9 Å². The molecule has 0 aromatic heterocycles. The molecule has 4 aliphatic carbocycles. The number of benzene rings is 1. The summed E-state index contributed by atoms with van der Waals surface area (Å²) >= 11 is 3.63. The fourth-order valence-electron chi connectivity index (χ4n) is 5.98. The molecular formula is C21H30BrNO. The fraction of sp³-hybridized carbons (Fsp3) is 0.714. The minimum absolute atomic E-state index is 0.421. The van der Waals surface area contributed by atoms with Gasteiger partial charge in [-0.3, -0.25) is 4.90 Å². The second kappa shape index (κ2) is 6.64. The highest BCUT2D eigenvalue weighted by atomic mass is 79.9. The van der Waals surface area contributed by atoms with Crippen LogP contribution in [0.5, 0.6) is 5.75 Å². The summed E-state index contributed by atoms with van der Waals surface area (Å²) in [6.45, 7) is 0.993. The minimum atomic E-state index is 0.421. The number of ether oxygens (including phenoxy) is 1. The lowest BCUT2D eigenvalue weighted by Crippen LogP contribution is -2.47. The molecule has 24 heavy (non-hydrogen) atoms. The first-order valence-electron chi connectivity index (χ1n) is 9.61. The first-order valence-corrected chi connectivity index (χ1v) is 10.4. The fourth-order valence-corrected chi connectivity index (χ4v) is 6.39. The Morgan fingerprint density at radius 3 is 2.50 bits per heavy atom. The van der Waals surface area contributed by atoms with Crippen LogP contribution in [0, 0.1) is 17.8 Å². The third-order valence-electron chi connectivity index (χ3n) is 7.13. The highest BCUT2D eigenvalue weighted by molar-refractivity contribution is 9.10. The third-order valence-corrected chi connectivity index (χ3v) is 7.62. The number of hydrogen-bond acceptors (Lipinski definition) is 2. The third kappa shape index (κ3) is 3.14. The van der Waals surface area contributed by atoms with Gasteiger partial charge in [0.2, 0.25) is 0 Å². The van der Waals surface area contributed by atoms with Gasteiger partial charge in [0.25, 0.3) is 0 Å². The number of nitrogens with zero attached hydrogens (tertiary/aromatic N) is 1. The van der Waals surface area contributed by atoms with E-state index in [1.807, 2.05) is 0 Å². The Kier molecular flexibility index (Phi) is 4.68. The van der Waals surface area contributed by atoms with Crippen molar-refractivity contribution < 1.29 is 4.74 Å². The van der Waals surface area contributed by atoms with Crippen molar-refractivity contribution in [2.24, 2.45) is 17.8 Å². The Morgan fingerprint density at radius 2 is 1.83 bits per heavy atom. The number of halogens is 1. The van der Waals surface area contributed by atoms with E-state index in [-0.39, 0.29) is 0 Å². The summed E-state index contributed by atoms with van der Waals surface area (Å²) < 4.78 is 6.77. The number of methoxy groups -OCH3 is 1. The summed E-state index contributed by atoms with van der Waals surface area (Å²) in [5.41, 5.74) is 1.73. The zero-order chi connectivity index (χ0) is 16.7. The van der Waals surface area contributed by atoms with Crippen molar-refractivity contribution in [1.29, 1.82) is 0 Å². The molecule has 0 amide bonds. The molecule has 5 rings (SSSR count). The molecule has 4 bridgehead atoms. The lowest BCUT2D eigenvalue weighted by atomic mass is 9.78. The second-order valence-corrected chi connectivity index (χ2v) is 9.55. The van der Waals surface area contributed by atoms with Crippen LogP contribution < -0.4 is 4.74 Å². The van der Waals surface area contributed by atoms with E-state index >= 15 is 0 Å². The van der Waals surface area contributed by atoms with Crippen LogP contribution in [-0.2, 0) is 6.54 Å². The summed E-state index contributed by atoms with van der Waals surface area (Å²) in [7, 11) is 4.15. The van der Waals surface area contributed by atoms with E-state index in [0.29, 0.717) is 5.54 Å². The lowest BCUT2D eigenvalue weighted by molar-refractivity contribution is 0.0648. The van der Waals surface area contributed by atoms with Crippen molar-refractivity contribution in [2.75, 3.05) is 14.2 Å². The van der Waals surface area contributed by atoms with Gasteiger partial charge in [-0.15, -0.1) is 0 Å². The SMILES string of the molecule is COc1ccc(Br)cc1CN(C)C12CCC3CC(CCC(C3)C1)C2. The molecule has 2 atom stereocenters. The number of hydrogen-bond donors (Lipinski definition) is 0. The molecule has 0 spiro atoms. The molecule has 1 aromatic carbocycles. The smallest absolute Gasteiger partial charge is 0.123 e. The molecule has 4 aliphatic rings. The quantitative estimate of drug-likeness (QED) is 0.658. The molecule has 132 valence electrons. The molecule has 1 aromatic rings. The molecule has 0 heterocycles. The summed E-state index contributed by atoms with van der Waals surface area (Å²) in [4.78, 5) is 2.69. The maximum Gasteiger partial charge on any atom is 0.123 e. The van der Waals surface area contributed by atoms with Crippen molar-refractivity contribution in [2.45, 2.75) is 63.5 Å². The molecule has 0 radical (unpaired) electrons. The molecule has 4 fully saturated rings. The van der Waals surface area contributed by atoms with E-state index < -0.39 is 0 Å². The van der Waals surface area contributed by atoms with Gasteiger partial charge in [-0.2, -0.15) is 0 Å². The van der Waals surface area contributed by atoms with Crippen molar-refractivity contribution in [1.82, 2.24) is 4.90 Å². The van der Waals surface area contributed by atoms with Gasteiger partial charge in [0, 0.05) is 22.1 Å². The minimum Gasteiger partial charge on any atom is -0.496 e. The van der Waals surface area contributed by atoms with E-state index in [0.717, 1.165) is 34.5 Å². The summed E-state index contributed by atoms with van der Waals surface area (Å²) in [6, 6.07) is 6.39. The molecule has 2 nitrogen and oxygen atoms in total. The highest BCUT2D eigenvalue weighted by Gasteiger charge is 2.47. The lowest BCUT2D eigenvalue weighted by Gasteiger charge is -2.43. The average Bonchev–Trinajstić information content (AvgIpc) is 2.99. The van der Waals surface area contributed by atoms with Crippen LogP contribution in [0.2, 0.25) is 0 Å². The molecular weight excluding hydrogens is 362 g/mol. The molecule has 4 saturated carbocycles. The Balaban J connectivity index is 1.61. The highest BCUT2D eigenvalue weighted by Crippen LogP contribution is 2.52. The zero-order valence-electron chi connectivity index (χ0n) is 15.1. The van der Waals surface area contributed by atoms with Crippen LogP contribution in [0.3, 0.4) is 0 Å². The van der Waals surface area contributed by atoms with E-state index in [4.69, 9.17) is 4.74 Å². The predicted molar refractivity (Wildman–Crippen MR) is 102 cm³/mol. The summed E-state index contributed by atoms with van der Waals surface area (Å²) in [5, 5.41) is 0. The first kappa shape index (κ1) is 16.9. The first-order chi connectivity index (χ1) is 11.6. The van der Waals surface area contributed by atoms with Gasteiger partial charge in [-0.1, -0.05) is 28.8 Å². The van der Waals surface area contributed by atoms with Crippen molar-refractivity contribution in [3.8, 4) is 5.75 Å². The molecule has 2 unspecified atom stereocenters. The topological polar surface area (TPSA) is 12.5 Å². The van der Waals surface area contributed by atoms with Gasteiger partial charge < -0.3 is 4.74 Å². The molecule has 0 N–H and O–H groups in total. The number of fused-ring (bicyclic) bond motifs is 2. The number of rotatable bonds is 4. The van der Waals surface area contributed by atoms with Crippen LogP contribution in [0.1, 0.15) is 56.9 Å². The van der Waals surface area contributed by atoms with Gasteiger partial charge in [0.15, 0.2) is 0 Å².